The van der Waals surface area contributed by atoms with E-state index in [0.29, 0.717) is 0 Å². The lowest BCUT2D eigenvalue weighted by molar-refractivity contribution is 0.543. The number of hydrogen-bond donors (Lipinski definition) is 0. The molecule has 0 saturated carbocycles. The molecule has 0 aromatic rings. The number of rotatable bonds is 2. The second kappa shape index (κ2) is 3.79. The molecule has 1 heterocycles. The molecule has 72 valence electrons. The smallest absolute Gasteiger partial charge is 0.240 e. The molecule has 0 radical (unpaired) electrons. The van der Waals surface area contributed by atoms with E-state index in [-0.39, 0.29) is 0 Å². The van der Waals surface area contributed by atoms with Crippen LogP contribution in [0.1, 0.15) is 13.8 Å². The fourth-order valence-electron chi connectivity index (χ4n) is 0.860. The molecule has 0 spiro atoms. The fraction of sp³-hybridized carbons (Fsp3) is 0.333. The Morgan fingerprint density at radius 1 is 1.00 bits per heavy atom. The van der Waals surface area contributed by atoms with E-state index >= 15 is 0 Å². The van der Waals surface area contributed by atoms with E-state index in [2.05, 4.69) is 0 Å². The van der Waals surface area contributed by atoms with E-state index in [1.54, 1.807) is 38.2 Å². The van der Waals surface area contributed by atoms with Crippen molar-refractivity contribution in [1.82, 2.24) is 4.31 Å². The summed E-state index contributed by atoms with van der Waals surface area (Å²) in [6.07, 6.45) is 10.0. The van der Waals surface area contributed by atoms with Crippen LogP contribution in [0, 0.1) is 0 Å². The number of nitrogens with zero attached hydrogens (tertiary/aromatic N) is 1. The highest BCUT2D eigenvalue weighted by Crippen LogP contribution is 2.11. The van der Waals surface area contributed by atoms with Crippen LogP contribution < -0.4 is 0 Å². The van der Waals surface area contributed by atoms with Crippen LogP contribution in [0.15, 0.2) is 36.7 Å². The molecule has 1 aliphatic rings. The van der Waals surface area contributed by atoms with E-state index in [1.807, 2.05) is 0 Å². The van der Waals surface area contributed by atoms with Crippen LogP contribution in [0.2, 0.25) is 0 Å². The molecular weight excluding hydrogens is 186 g/mol. The maximum absolute atomic E-state index is 11.6. The highest BCUT2D eigenvalue weighted by atomic mass is 32.2. The Kier molecular flexibility index (Phi) is 2.93. The number of sulfonamides is 1. The zero-order valence-electron chi connectivity index (χ0n) is 7.71. The summed E-state index contributed by atoms with van der Waals surface area (Å²) in [7, 11) is -3.20. The third-order valence-corrected chi connectivity index (χ3v) is 3.71. The predicted molar refractivity (Wildman–Crippen MR) is 53.3 cm³/mol. The lowest BCUT2D eigenvalue weighted by atomic mass is 10.5. The normalized spacial score (nSPS) is 16.7. The van der Waals surface area contributed by atoms with Gasteiger partial charge in [-0.05, 0) is 26.0 Å². The van der Waals surface area contributed by atoms with Crippen LogP contribution in [-0.4, -0.2) is 18.0 Å². The van der Waals surface area contributed by atoms with Crippen molar-refractivity contribution in [2.24, 2.45) is 0 Å². The first kappa shape index (κ1) is 10.1. The van der Waals surface area contributed by atoms with E-state index in [9.17, 15) is 8.42 Å². The highest BCUT2D eigenvalue weighted by Gasteiger charge is 2.20. The van der Waals surface area contributed by atoms with Gasteiger partial charge in [-0.2, -0.15) is 0 Å². The predicted octanol–water partition coefficient (Wildman–Crippen LogP) is 1.62. The Balaban J connectivity index is 2.97. The second-order valence-electron chi connectivity index (χ2n) is 2.99. The van der Waals surface area contributed by atoms with Gasteiger partial charge >= 0.3 is 0 Å². The van der Waals surface area contributed by atoms with E-state index in [0.717, 1.165) is 0 Å². The van der Waals surface area contributed by atoms with E-state index in [1.165, 1.54) is 16.7 Å². The third-order valence-electron chi connectivity index (χ3n) is 1.69. The lowest BCUT2D eigenvalue weighted by Crippen LogP contribution is -2.27. The molecule has 0 aliphatic carbocycles. The summed E-state index contributed by atoms with van der Waals surface area (Å²) in [4.78, 5) is 0. The average molecular weight is 199 g/mol. The van der Waals surface area contributed by atoms with Crippen LogP contribution >= 0.6 is 0 Å². The van der Waals surface area contributed by atoms with Crippen molar-refractivity contribution >= 4 is 10.0 Å². The van der Waals surface area contributed by atoms with E-state index < -0.39 is 15.3 Å². The molecule has 0 N–H and O–H groups in total. The maximum atomic E-state index is 11.6. The van der Waals surface area contributed by atoms with Gasteiger partial charge < -0.3 is 0 Å². The van der Waals surface area contributed by atoms with Gasteiger partial charge in [0.05, 0.1) is 5.25 Å². The van der Waals surface area contributed by atoms with E-state index in [4.69, 9.17) is 0 Å². The Morgan fingerprint density at radius 2 is 1.46 bits per heavy atom. The van der Waals surface area contributed by atoms with Crippen LogP contribution in [0.25, 0.3) is 0 Å². The van der Waals surface area contributed by atoms with Crippen molar-refractivity contribution in [3.05, 3.63) is 36.7 Å². The zero-order chi connectivity index (χ0) is 9.90. The average Bonchev–Trinajstić information content (AvgIpc) is 2.31. The van der Waals surface area contributed by atoms with Crippen molar-refractivity contribution in [3.8, 4) is 0 Å². The Labute approximate surface area is 79.1 Å². The molecule has 4 heteroatoms. The standard InChI is InChI=1S/C9H13NO2S/c1-9(2)13(11,12)10-7-5-3-4-6-8-10/h3-9H,1-2H3. The summed E-state index contributed by atoms with van der Waals surface area (Å²) in [6.45, 7) is 3.32. The molecule has 1 rings (SSSR count). The second-order valence-corrected chi connectivity index (χ2v) is 5.39. The van der Waals surface area contributed by atoms with Gasteiger partial charge in [-0.25, -0.2) is 8.42 Å². The van der Waals surface area contributed by atoms with Gasteiger partial charge in [-0.15, -0.1) is 0 Å². The van der Waals surface area contributed by atoms with Gasteiger partial charge in [0.2, 0.25) is 10.0 Å². The molecule has 13 heavy (non-hydrogen) atoms. The minimum atomic E-state index is -3.20. The minimum absolute atomic E-state index is 0.403. The van der Waals surface area contributed by atoms with Gasteiger partial charge in [-0.1, -0.05) is 12.2 Å². The molecule has 0 atom stereocenters. The van der Waals surface area contributed by atoms with Gasteiger partial charge in [0.1, 0.15) is 0 Å². The highest BCUT2D eigenvalue weighted by molar-refractivity contribution is 7.89. The van der Waals surface area contributed by atoms with Crippen LogP contribution in [0.3, 0.4) is 0 Å². The SMILES string of the molecule is CC(C)S(=O)(=O)N1C=CC=CC=C1. The quantitative estimate of drug-likeness (QED) is 0.677. The maximum Gasteiger partial charge on any atom is 0.240 e. The summed E-state index contributed by atoms with van der Waals surface area (Å²) in [5.41, 5.74) is 0. The van der Waals surface area contributed by atoms with Gasteiger partial charge in [0, 0.05) is 12.4 Å². The molecule has 0 fully saturated rings. The first-order valence-corrected chi connectivity index (χ1v) is 5.59. The molecule has 1 aliphatic heterocycles. The van der Waals surface area contributed by atoms with Crippen molar-refractivity contribution in [3.63, 3.8) is 0 Å². The van der Waals surface area contributed by atoms with Gasteiger partial charge in [0.15, 0.2) is 0 Å². The van der Waals surface area contributed by atoms with Crippen LogP contribution in [-0.2, 0) is 10.0 Å². The summed E-state index contributed by atoms with van der Waals surface area (Å²) in [6, 6.07) is 0. The molecular formula is C9H13NO2S. The summed E-state index contributed by atoms with van der Waals surface area (Å²) >= 11 is 0. The molecule has 0 aromatic carbocycles. The van der Waals surface area contributed by atoms with Crippen molar-refractivity contribution in [2.45, 2.75) is 19.1 Å². The molecule has 0 bridgehead atoms. The van der Waals surface area contributed by atoms with Crippen molar-refractivity contribution in [1.29, 1.82) is 0 Å². The summed E-state index contributed by atoms with van der Waals surface area (Å²) in [5.74, 6) is 0. The fourth-order valence-corrected chi connectivity index (χ4v) is 1.83. The molecule has 3 nitrogen and oxygen atoms in total. The first-order valence-electron chi connectivity index (χ1n) is 4.09. The lowest BCUT2D eigenvalue weighted by Gasteiger charge is -2.17. The third kappa shape index (κ3) is 2.21. The molecule has 0 saturated heterocycles. The Morgan fingerprint density at radius 3 is 1.85 bits per heavy atom. The molecule has 0 aromatic heterocycles. The number of hydrogen-bond acceptors (Lipinski definition) is 2. The summed E-state index contributed by atoms with van der Waals surface area (Å²) < 4.78 is 24.5. The van der Waals surface area contributed by atoms with Crippen molar-refractivity contribution < 1.29 is 8.42 Å². The van der Waals surface area contributed by atoms with Gasteiger partial charge in [0.25, 0.3) is 0 Å². The van der Waals surface area contributed by atoms with Crippen LogP contribution in [0.4, 0.5) is 0 Å². The number of allylic oxidation sites excluding steroid dienone is 4. The monoisotopic (exact) mass is 199 g/mol. The Hall–Kier alpha value is -1.03. The molecule has 0 amide bonds. The minimum Gasteiger partial charge on any atom is -0.253 e. The summed E-state index contributed by atoms with van der Waals surface area (Å²) in [5, 5.41) is -0.403. The molecule has 0 unspecified atom stereocenters. The zero-order valence-corrected chi connectivity index (χ0v) is 8.53. The Bertz CT molecular complexity index is 334. The topological polar surface area (TPSA) is 37.4 Å². The van der Waals surface area contributed by atoms with Crippen molar-refractivity contribution in [2.75, 3.05) is 0 Å². The largest absolute Gasteiger partial charge is 0.253 e. The first-order chi connectivity index (χ1) is 6.05. The van der Waals surface area contributed by atoms with Gasteiger partial charge in [-0.3, -0.25) is 4.31 Å². The van der Waals surface area contributed by atoms with Crippen LogP contribution in [0.5, 0.6) is 0 Å².